The summed E-state index contributed by atoms with van der Waals surface area (Å²) < 4.78 is 61.1. The van der Waals surface area contributed by atoms with Gasteiger partial charge in [-0.2, -0.15) is 0 Å². The number of hydrogen-bond acceptors (Lipinski definition) is 14. The predicted molar refractivity (Wildman–Crippen MR) is 408 cm³/mol. The molecule has 0 aromatic carbocycles. The molecule has 0 rings (SSSR count). The second-order valence-corrected chi connectivity index (χ2v) is 28.0. The summed E-state index contributed by atoms with van der Waals surface area (Å²) in [5.41, 5.74) is 0. The second-order valence-electron chi connectivity index (χ2n) is 25.1. The minimum Gasteiger partial charge on any atom is -0.463 e. The van der Waals surface area contributed by atoms with Gasteiger partial charge in [0.05, 0.1) is 26.4 Å². The van der Waals surface area contributed by atoms with Crippen LogP contribution >= 0.6 is 15.6 Å². The van der Waals surface area contributed by atoms with E-state index < -0.39 is 91.5 Å². The van der Waals surface area contributed by atoms with Gasteiger partial charge in [-0.3, -0.25) is 32.5 Å². The zero-order valence-electron chi connectivity index (χ0n) is 61.6. The van der Waals surface area contributed by atoms with E-state index in [0.717, 1.165) is 167 Å². The Labute approximate surface area is 600 Å². The third-order valence-corrected chi connectivity index (χ3v) is 17.4. The molecule has 16 nitrogen and oxygen atoms in total. The molecular formula is C81H136O16P2. The molecule has 0 aromatic heterocycles. The molecule has 5 atom stereocenters. The molecule has 0 amide bonds. The summed E-state index contributed by atoms with van der Waals surface area (Å²) in [7, 11) is -9.81. The van der Waals surface area contributed by atoms with E-state index in [1.54, 1.807) is 0 Å². The summed E-state index contributed by atoms with van der Waals surface area (Å²) in [5, 5.41) is 20.6. The van der Waals surface area contributed by atoms with Crippen molar-refractivity contribution in [2.45, 2.75) is 309 Å². The van der Waals surface area contributed by atoms with Gasteiger partial charge in [0.1, 0.15) is 25.4 Å². The highest BCUT2D eigenvalue weighted by molar-refractivity contribution is 7.47. The van der Waals surface area contributed by atoms with Crippen LogP contribution in [0.4, 0.5) is 0 Å². The molecule has 0 fully saturated rings. The molecule has 0 saturated carbocycles. The Bertz CT molecular complexity index is 2380. The van der Waals surface area contributed by atoms with Crippen LogP contribution in [-0.2, 0) is 55.8 Å². The average Bonchev–Trinajstić information content (AvgIpc) is 1.44. The van der Waals surface area contributed by atoms with E-state index in [4.69, 9.17) is 32.3 Å². The first-order valence-corrected chi connectivity index (χ1v) is 41.1. The van der Waals surface area contributed by atoms with Crippen LogP contribution in [0.3, 0.4) is 0 Å². The number of hydrogen-bond donors (Lipinski definition) is 4. The third kappa shape index (κ3) is 74.4. The van der Waals surface area contributed by atoms with E-state index in [-0.39, 0.29) is 19.3 Å². The van der Waals surface area contributed by atoms with Crippen molar-refractivity contribution < 1.29 is 75.8 Å². The fraction of sp³-hybridized carbons (Fsp3) is 0.667. The number of phosphoric ester groups is 2. The van der Waals surface area contributed by atoms with E-state index in [0.29, 0.717) is 19.3 Å². The lowest BCUT2D eigenvalue weighted by molar-refractivity contribution is -0.161. The first-order chi connectivity index (χ1) is 48.2. The number of aliphatic hydroxyl groups excluding tert-OH is 2. The smallest absolute Gasteiger partial charge is 0.463 e. The molecule has 0 aromatic rings. The van der Waals surface area contributed by atoms with E-state index in [2.05, 4.69) is 167 Å². The Hall–Kier alpha value is -4.57. The van der Waals surface area contributed by atoms with Crippen molar-refractivity contribution in [3.63, 3.8) is 0 Å². The second kappa shape index (κ2) is 73.2. The van der Waals surface area contributed by atoms with Crippen LogP contribution in [0.15, 0.2) is 146 Å². The molecule has 0 heterocycles. The number of carbonyl (C=O) groups is 3. The fourth-order valence-corrected chi connectivity index (χ4v) is 11.3. The minimum atomic E-state index is -4.94. The monoisotopic (exact) mass is 1430 g/mol. The van der Waals surface area contributed by atoms with Crippen molar-refractivity contribution in [1.29, 1.82) is 0 Å². The van der Waals surface area contributed by atoms with E-state index in [1.807, 2.05) is 0 Å². The van der Waals surface area contributed by atoms with Crippen molar-refractivity contribution in [1.82, 2.24) is 0 Å². The first kappa shape index (κ1) is 94.4. The van der Waals surface area contributed by atoms with Crippen LogP contribution in [-0.4, -0.2) is 95.9 Å². The van der Waals surface area contributed by atoms with Gasteiger partial charge in [0.25, 0.3) is 0 Å². The number of carbonyl (C=O) groups excluding carboxylic acids is 3. The Balaban J connectivity index is 4.62. The highest BCUT2D eigenvalue weighted by Crippen LogP contribution is 2.45. The maximum absolute atomic E-state index is 13.0. The molecule has 0 aliphatic carbocycles. The molecule has 0 aliphatic heterocycles. The number of esters is 3. The van der Waals surface area contributed by atoms with Crippen LogP contribution in [0.2, 0.25) is 0 Å². The van der Waals surface area contributed by atoms with Crippen LogP contribution in [0.25, 0.3) is 0 Å². The van der Waals surface area contributed by atoms with Crippen LogP contribution < -0.4 is 0 Å². The standard InChI is InChI=1S/C81H136O16P2/c1-4-7-10-13-16-19-22-25-28-30-32-34-35-36-37-38-39-41-43-44-47-49-52-55-58-61-64-67-79(84)91-70-76(82)71-93-98(87,88)94-72-77(83)73-95-99(89,90)96-75-78(97-81(86)69-66-63-60-57-54-51-46-27-24-21-18-15-12-9-6-3)74-92-80(85)68-65-62-59-56-53-50-48-45-42-40-33-31-29-26-23-20-17-14-11-8-5-2/h7,10,16-21,25-29,32-34,36-37,39-41,45-46,48,76-78,82-83H,4-6,8-9,11-15,22-24,30-31,35,38,42-44,47,49-75H2,1-3H3,(H,87,88)(H,89,90)/b10-7-,19-16-,20-17-,21-18-,28-25-,29-26-,34-32-,37-36-,40-33-,41-39-,46-27-,48-45-. The molecule has 99 heavy (non-hydrogen) atoms. The number of unbranched alkanes of at least 4 members (excludes halogenated alkanes) is 24. The predicted octanol–water partition coefficient (Wildman–Crippen LogP) is 22.1. The van der Waals surface area contributed by atoms with Gasteiger partial charge in [-0.25, -0.2) is 9.13 Å². The normalized spacial score (nSPS) is 14.9. The Morgan fingerprint density at radius 1 is 0.293 bits per heavy atom. The molecule has 18 heteroatoms. The quantitative estimate of drug-likeness (QED) is 0.0146. The van der Waals surface area contributed by atoms with Crippen LogP contribution in [0, 0.1) is 0 Å². The summed E-state index contributed by atoms with van der Waals surface area (Å²) >= 11 is 0. The molecule has 4 N–H and O–H groups in total. The summed E-state index contributed by atoms with van der Waals surface area (Å²) in [6.07, 6.45) is 88.8. The van der Waals surface area contributed by atoms with Crippen molar-refractivity contribution in [3.8, 4) is 0 Å². The number of phosphoric acid groups is 2. The van der Waals surface area contributed by atoms with Crippen molar-refractivity contribution in [2.24, 2.45) is 0 Å². The largest absolute Gasteiger partial charge is 0.472 e. The van der Waals surface area contributed by atoms with Crippen LogP contribution in [0.1, 0.15) is 290 Å². The average molecular weight is 1430 g/mol. The fourth-order valence-electron chi connectivity index (χ4n) is 9.70. The number of rotatable bonds is 71. The van der Waals surface area contributed by atoms with Crippen LogP contribution in [0.5, 0.6) is 0 Å². The maximum atomic E-state index is 13.0. The van der Waals surface area contributed by atoms with Crippen molar-refractivity contribution in [3.05, 3.63) is 146 Å². The molecule has 5 unspecified atom stereocenters. The molecule has 0 bridgehead atoms. The lowest BCUT2D eigenvalue weighted by Gasteiger charge is -2.21. The van der Waals surface area contributed by atoms with E-state index in [9.17, 15) is 43.5 Å². The van der Waals surface area contributed by atoms with Gasteiger partial charge >= 0.3 is 33.6 Å². The third-order valence-electron chi connectivity index (χ3n) is 15.5. The van der Waals surface area contributed by atoms with Crippen molar-refractivity contribution in [2.75, 3.05) is 39.6 Å². The molecule has 0 radical (unpaired) electrons. The summed E-state index contributed by atoms with van der Waals surface area (Å²) in [6, 6.07) is 0. The van der Waals surface area contributed by atoms with Gasteiger partial charge in [0, 0.05) is 19.3 Å². The maximum Gasteiger partial charge on any atom is 0.472 e. The summed E-state index contributed by atoms with van der Waals surface area (Å²) in [6.45, 7) is 2.45. The molecule has 0 saturated heterocycles. The number of aliphatic hydroxyl groups is 2. The minimum absolute atomic E-state index is 0.0804. The van der Waals surface area contributed by atoms with Gasteiger partial charge in [-0.05, 0) is 148 Å². The zero-order valence-corrected chi connectivity index (χ0v) is 63.4. The lowest BCUT2D eigenvalue weighted by atomic mass is 10.1. The van der Waals surface area contributed by atoms with Gasteiger partial charge in [0.2, 0.25) is 0 Å². The van der Waals surface area contributed by atoms with Gasteiger partial charge in [0.15, 0.2) is 6.10 Å². The highest BCUT2D eigenvalue weighted by Gasteiger charge is 2.29. The lowest BCUT2D eigenvalue weighted by Crippen LogP contribution is -2.30. The van der Waals surface area contributed by atoms with Crippen molar-refractivity contribution >= 4 is 33.6 Å². The zero-order chi connectivity index (χ0) is 72.3. The number of allylic oxidation sites excluding steroid dienone is 24. The highest BCUT2D eigenvalue weighted by atomic mass is 31.2. The Kier molecular flexibility index (Phi) is 69.8. The molecule has 0 spiro atoms. The molecular weight excluding hydrogens is 1290 g/mol. The van der Waals surface area contributed by atoms with Gasteiger partial charge < -0.3 is 34.2 Å². The van der Waals surface area contributed by atoms with Gasteiger partial charge in [-0.1, -0.05) is 269 Å². The molecule has 0 aliphatic rings. The van der Waals surface area contributed by atoms with Gasteiger partial charge in [-0.15, -0.1) is 0 Å². The first-order valence-electron chi connectivity index (χ1n) is 38.1. The Morgan fingerprint density at radius 3 is 0.848 bits per heavy atom. The topological polar surface area (TPSA) is 231 Å². The summed E-state index contributed by atoms with van der Waals surface area (Å²) in [4.78, 5) is 58.6. The summed E-state index contributed by atoms with van der Waals surface area (Å²) in [5.74, 6) is -1.62. The SMILES string of the molecule is CC/C=C\C/C=C\C/C=C\C/C=C\C/C=C\C/C=C\CCCCCCCCCCC(=O)OCC(O)COP(=O)(O)OCC(O)COP(=O)(O)OCC(COC(=O)CCCCCCC/C=C\C/C=C\C/C=C\C/C=C\CCCCC)OC(=O)CCCCCCC/C=C\C/C=C\CCCCC. The van der Waals surface area contributed by atoms with E-state index >= 15 is 0 Å². The molecule has 566 valence electrons. The Morgan fingerprint density at radius 2 is 0.535 bits per heavy atom. The number of ether oxygens (including phenoxy) is 3. The van der Waals surface area contributed by atoms with E-state index in [1.165, 1.54) is 64.2 Å².